The summed E-state index contributed by atoms with van der Waals surface area (Å²) in [7, 11) is 0. The van der Waals surface area contributed by atoms with Crippen LogP contribution in [-0.4, -0.2) is 5.25 Å². The molecule has 1 aromatic rings. The lowest BCUT2D eigenvalue weighted by Gasteiger charge is -2.26. The van der Waals surface area contributed by atoms with E-state index in [1.807, 2.05) is 25.1 Å². The summed E-state index contributed by atoms with van der Waals surface area (Å²) < 4.78 is 14.9. The molecule has 0 bridgehead atoms. The van der Waals surface area contributed by atoms with Gasteiger partial charge in [0.2, 0.25) is 0 Å². The van der Waals surface area contributed by atoms with Crippen LogP contribution in [0.25, 0.3) is 5.57 Å². The Labute approximate surface area is 170 Å². The van der Waals surface area contributed by atoms with Crippen LogP contribution in [0.3, 0.4) is 0 Å². The zero-order chi connectivity index (χ0) is 19.2. The van der Waals surface area contributed by atoms with Gasteiger partial charge in [-0.2, -0.15) is 12.6 Å². The van der Waals surface area contributed by atoms with Gasteiger partial charge in [0.05, 0.1) is 0 Å². The Kier molecular flexibility index (Phi) is 7.41. The Hall–Kier alpha value is -1.28. The molecule has 27 heavy (non-hydrogen) atoms. The molecule has 0 N–H and O–H groups in total. The maximum Gasteiger partial charge on any atom is 0.131 e. The molecule has 0 nitrogen and oxygen atoms in total. The summed E-state index contributed by atoms with van der Waals surface area (Å²) in [5.74, 6) is 0.969. The molecule has 0 aromatic heterocycles. The van der Waals surface area contributed by atoms with Crippen LogP contribution in [0.2, 0.25) is 0 Å². The van der Waals surface area contributed by atoms with Gasteiger partial charge in [-0.05, 0) is 74.5 Å². The maximum atomic E-state index is 14.9. The zero-order valence-corrected chi connectivity index (χ0v) is 17.5. The normalized spacial score (nSPS) is 25.1. The minimum Gasteiger partial charge on any atom is -0.206 e. The van der Waals surface area contributed by atoms with Crippen LogP contribution in [0, 0.1) is 11.7 Å². The third kappa shape index (κ3) is 5.38. The lowest BCUT2D eigenvalue weighted by Crippen LogP contribution is -2.13. The second-order valence-electron chi connectivity index (χ2n) is 8.23. The van der Waals surface area contributed by atoms with Gasteiger partial charge in [0.1, 0.15) is 5.82 Å². The molecule has 2 fully saturated rings. The van der Waals surface area contributed by atoms with Gasteiger partial charge in [-0.3, -0.25) is 0 Å². The molecule has 2 aliphatic carbocycles. The molecule has 0 heterocycles. The first-order valence-corrected chi connectivity index (χ1v) is 11.1. The predicted octanol–water partition coefficient (Wildman–Crippen LogP) is 7.88. The lowest BCUT2D eigenvalue weighted by molar-refractivity contribution is 0.409. The Morgan fingerprint density at radius 3 is 2.37 bits per heavy atom. The van der Waals surface area contributed by atoms with E-state index < -0.39 is 0 Å². The SMILES string of the molecule is C=C(/C=C\C(=C/C)c1ccc(C2CCC(S)CC2)cc1F)C1CCCCC1. The number of rotatable bonds is 5. The standard InChI is InChI=1S/C25H33FS/c1-3-19(10-9-18(2)20-7-5-4-6-8-20)24-16-13-22(17-25(24)26)21-11-14-23(27)15-12-21/h3,9-10,13,16-17,20-21,23,27H,2,4-8,11-12,14-15H2,1H3/b10-9-,19-3+. The molecule has 0 atom stereocenters. The monoisotopic (exact) mass is 384 g/mol. The summed E-state index contributed by atoms with van der Waals surface area (Å²) in [6, 6.07) is 5.84. The molecule has 2 aliphatic rings. The first-order chi connectivity index (χ1) is 13.1. The second kappa shape index (κ2) is 9.78. The molecule has 0 radical (unpaired) electrons. The van der Waals surface area contributed by atoms with Gasteiger partial charge in [-0.25, -0.2) is 4.39 Å². The molecule has 3 rings (SSSR count). The first-order valence-electron chi connectivity index (χ1n) is 10.6. The molecule has 146 valence electrons. The summed E-state index contributed by atoms with van der Waals surface area (Å²) >= 11 is 4.57. The van der Waals surface area contributed by atoms with Crippen molar-refractivity contribution >= 4 is 18.2 Å². The van der Waals surface area contributed by atoms with Crippen molar-refractivity contribution < 1.29 is 4.39 Å². The van der Waals surface area contributed by atoms with Gasteiger partial charge >= 0.3 is 0 Å². The number of benzene rings is 1. The van der Waals surface area contributed by atoms with Gasteiger partial charge in [0, 0.05) is 10.8 Å². The third-order valence-electron chi connectivity index (χ3n) is 6.39. The number of thiol groups is 1. The third-order valence-corrected chi connectivity index (χ3v) is 6.91. The molecule has 0 spiro atoms. The van der Waals surface area contributed by atoms with Crippen molar-refractivity contribution in [1.82, 2.24) is 0 Å². The summed E-state index contributed by atoms with van der Waals surface area (Å²) in [6.07, 6.45) is 17.1. The van der Waals surface area contributed by atoms with Crippen LogP contribution < -0.4 is 0 Å². The Balaban J connectivity index is 1.69. The summed E-state index contributed by atoms with van der Waals surface area (Å²) in [5, 5.41) is 0.516. The molecule has 0 unspecified atom stereocenters. The summed E-state index contributed by atoms with van der Waals surface area (Å²) in [6.45, 7) is 6.24. The molecule has 0 saturated heterocycles. The Morgan fingerprint density at radius 1 is 1.04 bits per heavy atom. The minimum absolute atomic E-state index is 0.110. The van der Waals surface area contributed by atoms with E-state index >= 15 is 0 Å². The summed E-state index contributed by atoms with van der Waals surface area (Å²) in [5.41, 5.74) is 3.96. The van der Waals surface area contributed by atoms with Gasteiger partial charge in [-0.1, -0.05) is 61.8 Å². The smallest absolute Gasteiger partial charge is 0.131 e. The van der Waals surface area contributed by atoms with E-state index in [9.17, 15) is 4.39 Å². The number of hydrogen-bond acceptors (Lipinski definition) is 1. The van der Waals surface area contributed by atoms with Crippen molar-refractivity contribution in [3.63, 3.8) is 0 Å². The van der Waals surface area contributed by atoms with Crippen molar-refractivity contribution in [2.75, 3.05) is 0 Å². The summed E-state index contributed by atoms with van der Waals surface area (Å²) in [4.78, 5) is 0. The minimum atomic E-state index is -0.110. The molecule has 2 saturated carbocycles. The van der Waals surface area contributed by atoms with Crippen molar-refractivity contribution in [3.05, 3.63) is 65.5 Å². The number of hydrogen-bond donors (Lipinski definition) is 1. The van der Waals surface area contributed by atoms with Gasteiger partial charge in [0.25, 0.3) is 0 Å². The molecule has 0 aliphatic heterocycles. The quantitative estimate of drug-likeness (QED) is 0.387. The zero-order valence-electron chi connectivity index (χ0n) is 16.6. The van der Waals surface area contributed by atoms with E-state index in [0.29, 0.717) is 22.6 Å². The largest absolute Gasteiger partial charge is 0.206 e. The number of allylic oxidation sites excluding steroid dienone is 5. The fourth-order valence-corrected chi connectivity index (χ4v) is 4.87. The van der Waals surface area contributed by atoms with Crippen molar-refractivity contribution in [1.29, 1.82) is 0 Å². The van der Waals surface area contributed by atoms with Crippen molar-refractivity contribution in [2.45, 2.75) is 75.9 Å². The van der Waals surface area contributed by atoms with Crippen LogP contribution >= 0.6 is 12.6 Å². The van der Waals surface area contributed by atoms with Crippen LogP contribution in [0.15, 0.2) is 48.6 Å². The Morgan fingerprint density at radius 2 is 1.74 bits per heavy atom. The highest BCUT2D eigenvalue weighted by Crippen LogP contribution is 2.36. The maximum absolute atomic E-state index is 14.9. The molecule has 0 amide bonds. The van der Waals surface area contributed by atoms with Crippen LogP contribution in [0.1, 0.15) is 81.8 Å². The number of halogens is 1. The van der Waals surface area contributed by atoms with E-state index in [4.69, 9.17) is 0 Å². The molecular formula is C25H33FS. The van der Waals surface area contributed by atoms with Crippen LogP contribution in [0.4, 0.5) is 4.39 Å². The fraction of sp³-hybridized carbons (Fsp3) is 0.520. The highest BCUT2D eigenvalue weighted by atomic mass is 32.1. The fourth-order valence-electron chi connectivity index (χ4n) is 4.58. The van der Waals surface area contributed by atoms with E-state index in [1.165, 1.54) is 37.7 Å². The van der Waals surface area contributed by atoms with Gasteiger partial charge in [0.15, 0.2) is 0 Å². The van der Waals surface area contributed by atoms with E-state index in [-0.39, 0.29) is 5.82 Å². The van der Waals surface area contributed by atoms with Gasteiger partial charge < -0.3 is 0 Å². The van der Waals surface area contributed by atoms with Crippen molar-refractivity contribution in [2.24, 2.45) is 5.92 Å². The van der Waals surface area contributed by atoms with Gasteiger partial charge in [-0.15, -0.1) is 0 Å². The highest BCUT2D eigenvalue weighted by Gasteiger charge is 2.21. The molecule has 1 aromatic carbocycles. The average Bonchev–Trinajstić information content (AvgIpc) is 2.70. The topological polar surface area (TPSA) is 0 Å². The van der Waals surface area contributed by atoms with Crippen LogP contribution in [-0.2, 0) is 0 Å². The predicted molar refractivity (Wildman–Crippen MR) is 119 cm³/mol. The molecular weight excluding hydrogens is 351 g/mol. The van der Waals surface area contributed by atoms with Crippen LogP contribution in [0.5, 0.6) is 0 Å². The highest BCUT2D eigenvalue weighted by molar-refractivity contribution is 7.80. The van der Waals surface area contributed by atoms with E-state index in [2.05, 4.69) is 31.4 Å². The average molecular weight is 385 g/mol. The van der Waals surface area contributed by atoms with E-state index in [0.717, 1.165) is 36.8 Å². The Bertz CT molecular complexity index is 701. The molecule has 2 heteroatoms. The van der Waals surface area contributed by atoms with E-state index in [1.54, 1.807) is 6.07 Å². The first kappa shape index (κ1) is 20.5. The lowest BCUT2D eigenvalue weighted by atomic mass is 9.83. The second-order valence-corrected chi connectivity index (χ2v) is 8.96. The van der Waals surface area contributed by atoms with Crippen molar-refractivity contribution in [3.8, 4) is 0 Å².